The van der Waals surface area contributed by atoms with E-state index in [1.165, 1.54) is 58.3 Å². The zero-order valence-corrected chi connectivity index (χ0v) is 13.7. The lowest BCUT2D eigenvalue weighted by atomic mass is 9.93. The van der Waals surface area contributed by atoms with Gasteiger partial charge in [-0.2, -0.15) is 5.26 Å². The predicted octanol–water partition coefficient (Wildman–Crippen LogP) is 2.35. The van der Waals surface area contributed by atoms with Crippen molar-refractivity contribution in [2.45, 2.75) is 69.9 Å². The Bertz CT molecular complexity index is 337. The van der Waals surface area contributed by atoms with E-state index in [4.69, 9.17) is 11.0 Å². The van der Waals surface area contributed by atoms with Gasteiger partial charge in [0.25, 0.3) is 0 Å². The van der Waals surface area contributed by atoms with Crippen molar-refractivity contribution in [3.63, 3.8) is 0 Å². The van der Waals surface area contributed by atoms with Crippen molar-refractivity contribution in [1.29, 1.82) is 5.26 Å². The summed E-state index contributed by atoms with van der Waals surface area (Å²) in [5.74, 6) is 0. The molecule has 4 heteroatoms. The maximum absolute atomic E-state index is 9.11. The predicted molar refractivity (Wildman–Crippen MR) is 86.9 cm³/mol. The van der Waals surface area contributed by atoms with Crippen LogP contribution in [-0.2, 0) is 0 Å². The van der Waals surface area contributed by atoms with Crippen molar-refractivity contribution in [2.75, 3.05) is 32.7 Å². The topological polar surface area (TPSA) is 56.3 Å². The number of piperidine rings is 2. The molecule has 2 heterocycles. The fourth-order valence-corrected chi connectivity index (χ4v) is 3.72. The summed E-state index contributed by atoms with van der Waals surface area (Å²) in [4.78, 5) is 5.28. The summed E-state index contributed by atoms with van der Waals surface area (Å²) in [5.41, 5.74) is 5.44. The quantitative estimate of drug-likeness (QED) is 0.816. The Hall–Kier alpha value is -0.630. The molecule has 2 aliphatic heterocycles. The number of hydrogen-bond donors (Lipinski definition) is 1. The molecule has 0 aromatic heterocycles. The van der Waals surface area contributed by atoms with Gasteiger partial charge in [0.1, 0.15) is 5.54 Å². The van der Waals surface area contributed by atoms with E-state index in [0.29, 0.717) is 0 Å². The van der Waals surface area contributed by atoms with E-state index >= 15 is 0 Å². The molecule has 1 atom stereocenters. The lowest BCUT2D eigenvalue weighted by Gasteiger charge is -2.40. The molecule has 2 fully saturated rings. The van der Waals surface area contributed by atoms with Crippen molar-refractivity contribution in [1.82, 2.24) is 9.80 Å². The molecule has 4 nitrogen and oxygen atoms in total. The maximum atomic E-state index is 9.11. The van der Waals surface area contributed by atoms with Crippen molar-refractivity contribution in [2.24, 2.45) is 5.73 Å². The largest absolute Gasteiger partial charge is 0.313 e. The second-order valence-corrected chi connectivity index (χ2v) is 6.89. The van der Waals surface area contributed by atoms with Gasteiger partial charge in [0, 0.05) is 6.04 Å². The molecule has 21 heavy (non-hydrogen) atoms. The normalized spacial score (nSPS) is 25.4. The molecule has 120 valence electrons. The Morgan fingerprint density at radius 3 is 2.38 bits per heavy atom. The van der Waals surface area contributed by atoms with Crippen molar-refractivity contribution in [3.8, 4) is 6.07 Å². The number of nitrogens with zero attached hydrogens (tertiary/aromatic N) is 3. The molecule has 0 amide bonds. The third-order valence-corrected chi connectivity index (χ3v) is 5.41. The van der Waals surface area contributed by atoms with Crippen LogP contribution in [0, 0.1) is 11.3 Å². The fourth-order valence-electron chi connectivity index (χ4n) is 3.72. The second kappa shape index (κ2) is 8.12. The summed E-state index contributed by atoms with van der Waals surface area (Å²) in [6, 6.07) is 3.09. The molecule has 0 aromatic carbocycles. The van der Waals surface area contributed by atoms with E-state index in [1.807, 2.05) is 6.92 Å². The molecular formula is C17H32N4. The maximum Gasteiger partial charge on any atom is 0.104 e. The van der Waals surface area contributed by atoms with Crippen LogP contribution in [0.15, 0.2) is 0 Å². The average molecular weight is 292 g/mol. The summed E-state index contributed by atoms with van der Waals surface area (Å²) in [6.07, 6.45) is 9.47. The summed E-state index contributed by atoms with van der Waals surface area (Å²) < 4.78 is 0. The first kappa shape index (κ1) is 16.7. The van der Waals surface area contributed by atoms with Crippen LogP contribution in [0.3, 0.4) is 0 Å². The van der Waals surface area contributed by atoms with Gasteiger partial charge in [-0.1, -0.05) is 13.3 Å². The van der Waals surface area contributed by atoms with Crippen LogP contribution < -0.4 is 5.73 Å². The molecule has 2 N–H and O–H groups in total. The minimum absolute atomic E-state index is 0.605. The van der Waals surface area contributed by atoms with Gasteiger partial charge >= 0.3 is 0 Å². The van der Waals surface area contributed by atoms with Gasteiger partial charge in [-0.3, -0.25) is 0 Å². The smallest absolute Gasteiger partial charge is 0.104 e. The highest BCUT2D eigenvalue weighted by molar-refractivity contribution is 5.03. The van der Waals surface area contributed by atoms with E-state index in [9.17, 15) is 0 Å². The van der Waals surface area contributed by atoms with E-state index in [-0.39, 0.29) is 0 Å². The number of nitrogens with two attached hydrogens (primary N) is 1. The molecule has 1 unspecified atom stereocenters. The number of nitriles is 1. The van der Waals surface area contributed by atoms with E-state index in [0.717, 1.165) is 31.8 Å². The lowest BCUT2D eigenvalue weighted by Crippen LogP contribution is -2.47. The van der Waals surface area contributed by atoms with Gasteiger partial charge < -0.3 is 15.5 Å². The molecule has 2 rings (SSSR count). The molecule has 0 radical (unpaired) electrons. The lowest BCUT2D eigenvalue weighted by molar-refractivity contribution is 0.0913. The zero-order chi connectivity index (χ0) is 15.1. The van der Waals surface area contributed by atoms with Gasteiger partial charge in [-0.25, -0.2) is 0 Å². The van der Waals surface area contributed by atoms with Gasteiger partial charge in [0.05, 0.1) is 6.07 Å². The first-order valence-corrected chi connectivity index (χ1v) is 8.83. The Morgan fingerprint density at radius 1 is 1.14 bits per heavy atom. The first-order valence-electron chi connectivity index (χ1n) is 8.83. The minimum Gasteiger partial charge on any atom is -0.313 e. The SMILES string of the molecule is CCC(N)(C#N)CCCN1CCC(N2CCCCC2)CC1. The molecular weight excluding hydrogens is 260 g/mol. The summed E-state index contributed by atoms with van der Waals surface area (Å²) in [6.45, 7) is 8.19. The minimum atomic E-state index is -0.605. The highest BCUT2D eigenvalue weighted by atomic mass is 15.2. The number of likely N-dealkylation sites (tertiary alicyclic amines) is 2. The molecule has 0 aromatic rings. The Morgan fingerprint density at radius 2 is 1.81 bits per heavy atom. The first-order chi connectivity index (χ1) is 10.2. The Labute approximate surface area is 130 Å². The Kier molecular flexibility index (Phi) is 6.47. The van der Waals surface area contributed by atoms with Crippen LogP contribution in [0.25, 0.3) is 0 Å². The van der Waals surface area contributed by atoms with E-state index in [1.54, 1.807) is 0 Å². The number of rotatable bonds is 6. The molecule has 0 spiro atoms. The van der Waals surface area contributed by atoms with Gasteiger partial charge in [0.2, 0.25) is 0 Å². The molecule has 0 saturated carbocycles. The molecule has 0 aliphatic carbocycles. The van der Waals surface area contributed by atoms with Crippen LogP contribution in [0.2, 0.25) is 0 Å². The monoisotopic (exact) mass is 292 g/mol. The molecule has 2 aliphatic rings. The van der Waals surface area contributed by atoms with E-state index < -0.39 is 5.54 Å². The summed E-state index contributed by atoms with van der Waals surface area (Å²) >= 11 is 0. The van der Waals surface area contributed by atoms with Crippen LogP contribution in [0.1, 0.15) is 58.3 Å². The summed E-state index contributed by atoms with van der Waals surface area (Å²) in [5, 5.41) is 9.11. The average Bonchev–Trinajstić information content (AvgIpc) is 2.56. The third-order valence-electron chi connectivity index (χ3n) is 5.41. The fraction of sp³-hybridized carbons (Fsp3) is 0.941. The highest BCUT2D eigenvalue weighted by Gasteiger charge is 2.26. The van der Waals surface area contributed by atoms with Crippen molar-refractivity contribution in [3.05, 3.63) is 0 Å². The molecule has 0 bridgehead atoms. The van der Waals surface area contributed by atoms with Gasteiger partial charge in [-0.05, 0) is 77.7 Å². The van der Waals surface area contributed by atoms with Crippen molar-refractivity contribution < 1.29 is 0 Å². The van der Waals surface area contributed by atoms with Crippen molar-refractivity contribution >= 4 is 0 Å². The van der Waals surface area contributed by atoms with Crippen LogP contribution in [0.5, 0.6) is 0 Å². The number of hydrogen-bond acceptors (Lipinski definition) is 4. The van der Waals surface area contributed by atoms with E-state index in [2.05, 4.69) is 15.9 Å². The highest BCUT2D eigenvalue weighted by Crippen LogP contribution is 2.21. The van der Waals surface area contributed by atoms with Crippen LogP contribution >= 0.6 is 0 Å². The third kappa shape index (κ3) is 4.95. The Balaban J connectivity index is 1.64. The van der Waals surface area contributed by atoms with Gasteiger partial charge in [0.15, 0.2) is 0 Å². The zero-order valence-electron chi connectivity index (χ0n) is 13.7. The second-order valence-electron chi connectivity index (χ2n) is 6.89. The van der Waals surface area contributed by atoms with Gasteiger partial charge in [-0.15, -0.1) is 0 Å². The van der Waals surface area contributed by atoms with Crippen LogP contribution in [0.4, 0.5) is 0 Å². The molecule has 2 saturated heterocycles. The summed E-state index contributed by atoms with van der Waals surface area (Å²) in [7, 11) is 0. The van der Waals surface area contributed by atoms with Crippen LogP contribution in [-0.4, -0.2) is 54.1 Å². The standard InChI is InChI=1S/C17H32N4/c1-2-17(19,15-18)9-6-10-20-13-7-16(8-14-20)21-11-4-3-5-12-21/h16H,2-14,19H2,1H3.